The zero-order chi connectivity index (χ0) is 13.8. The summed E-state index contributed by atoms with van der Waals surface area (Å²) < 4.78 is 31.7. The van der Waals surface area contributed by atoms with Crippen molar-refractivity contribution in [1.29, 1.82) is 0 Å². The van der Waals surface area contributed by atoms with Gasteiger partial charge in [0.05, 0.1) is 0 Å². The highest BCUT2D eigenvalue weighted by atomic mass is 19.1. The van der Waals surface area contributed by atoms with Gasteiger partial charge in [0.2, 0.25) is 5.88 Å². The van der Waals surface area contributed by atoms with E-state index >= 15 is 0 Å². The average Bonchev–Trinajstić information content (AvgIpc) is 2.33. The van der Waals surface area contributed by atoms with Gasteiger partial charge in [-0.1, -0.05) is 0 Å². The van der Waals surface area contributed by atoms with E-state index in [0.29, 0.717) is 18.2 Å². The van der Waals surface area contributed by atoms with Crippen LogP contribution in [0.25, 0.3) is 0 Å². The fourth-order valence-electron chi connectivity index (χ4n) is 1.53. The molecule has 19 heavy (non-hydrogen) atoms. The van der Waals surface area contributed by atoms with Gasteiger partial charge < -0.3 is 10.1 Å². The molecule has 0 aliphatic rings. The number of hydrogen-bond acceptors (Lipinski definition) is 4. The van der Waals surface area contributed by atoms with Crippen LogP contribution in [0.3, 0.4) is 0 Å². The minimum Gasteiger partial charge on any atom is -0.436 e. The van der Waals surface area contributed by atoms with Crippen LogP contribution in [0.15, 0.2) is 24.3 Å². The average molecular weight is 265 g/mol. The zero-order valence-electron chi connectivity index (χ0n) is 10.6. The third-order valence-electron chi connectivity index (χ3n) is 2.28. The zero-order valence-corrected chi connectivity index (χ0v) is 10.6. The Balaban J connectivity index is 2.29. The second-order valence-electron chi connectivity index (χ2n) is 3.85. The molecule has 0 saturated carbocycles. The van der Waals surface area contributed by atoms with Crippen molar-refractivity contribution in [3.63, 3.8) is 0 Å². The molecule has 0 fully saturated rings. The van der Waals surface area contributed by atoms with E-state index in [1.54, 1.807) is 6.92 Å². The van der Waals surface area contributed by atoms with Gasteiger partial charge in [-0.25, -0.2) is 13.8 Å². The topological polar surface area (TPSA) is 47.0 Å². The molecule has 4 nitrogen and oxygen atoms in total. The number of halogens is 2. The predicted octanol–water partition coefficient (Wildman–Crippen LogP) is 3.29. The largest absolute Gasteiger partial charge is 0.436 e. The molecule has 0 saturated heterocycles. The molecule has 2 aromatic rings. The molecule has 0 unspecified atom stereocenters. The molecule has 0 amide bonds. The second-order valence-corrected chi connectivity index (χ2v) is 3.85. The van der Waals surface area contributed by atoms with Crippen molar-refractivity contribution in [3.05, 3.63) is 41.7 Å². The van der Waals surface area contributed by atoms with Crippen LogP contribution >= 0.6 is 0 Å². The molecule has 0 atom stereocenters. The second kappa shape index (κ2) is 5.60. The van der Waals surface area contributed by atoms with E-state index in [1.807, 2.05) is 6.92 Å². The first kappa shape index (κ1) is 13.2. The van der Waals surface area contributed by atoms with Gasteiger partial charge in [-0.05, 0) is 26.0 Å². The number of rotatable bonds is 4. The van der Waals surface area contributed by atoms with Gasteiger partial charge in [0.25, 0.3) is 0 Å². The van der Waals surface area contributed by atoms with Crippen LogP contribution in [0.1, 0.15) is 12.7 Å². The number of aromatic nitrogens is 2. The van der Waals surface area contributed by atoms with Crippen molar-refractivity contribution in [2.24, 2.45) is 0 Å². The minimum atomic E-state index is -0.650. The maximum atomic E-state index is 13.5. The number of hydrogen-bond donors (Lipinski definition) is 1. The number of benzene rings is 1. The van der Waals surface area contributed by atoms with E-state index in [4.69, 9.17) is 4.74 Å². The highest BCUT2D eigenvalue weighted by molar-refractivity contribution is 5.40. The summed E-state index contributed by atoms with van der Waals surface area (Å²) in [6, 6.07) is 4.53. The van der Waals surface area contributed by atoms with Gasteiger partial charge in [0, 0.05) is 18.7 Å². The molecule has 0 spiro atoms. The molecule has 1 N–H and O–H groups in total. The van der Waals surface area contributed by atoms with Gasteiger partial charge >= 0.3 is 0 Å². The maximum Gasteiger partial charge on any atom is 0.224 e. The molecule has 0 bridgehead atoms. The molecular weight excluding hydrogens is 252 g/mol. The van der Waals surface area contributed by atoms with E-state index < -0.39 is 11.6 Å². The molecular formula is C13H13F2N3O. The molecule has 0 aliphatic carbocycles. The summed E-state index contributed by atoms with van der Waals surface area (Å²) in [6.07, 6.45) is 0. The fraction of sp³-hybridized carbons (Fsp3) is 0.231. The smallest absolute Gasteiger partial charge is 0.224 e. The Morgan fingerprint density at radius 2 is 2.00 bits per heavy atom. The van der Waals surface area contributed by atoms with Crippen molar-refractivity contribution in [3.8, 4) is 11.6 Å². The standard InChI is InChI=1S/C13H13F2N3O/c1-3-16-12-7-13(18-8(2)17-12)19-11-6-9(14)4-5-10(11)15/h4-7H,3H2,1-2H3,(H,16,17,18). The first-order valence-electron chi connectivity index (χ1n) is 5.81. The summed E-state index contributed by atoms with van der Waals surface area (Å²) >= 11 is 0. The normalized spacial score (nSPS) is 10.3. The van der Waals surface area contributed by atoms with Crippen LogP contribution in [0.2, 0.25) is 0 Å². The third-order valence-corrected chi connectivity index (χ3v) is 2.28. The molecule has 1 aromatic carbocycles. The third kappa shape index (κ3) is 3.37. The van der Waals surface area contributed by atoms with Crippen molar-refractivity contribution in [1.82, 2.24) is 9.97 Å². The van der Waals surface area contributed by atoms with Gasteiger partial charge in [-0.3, -0.25) is 0 Å². The number of anilines is 1. The Morgan fingerprint density at radius 1 is 1.21 bits per heavy atom. The molecule has 1 aromatic heterocycles. The van der Waals surface area contributed by atoms with Gasteiger partial charge in [-0.15, -0.1) is 0 Å². The Kier molecular flexibility index (Phi) is 3.89. The first-order valence-corrected chi connectivity index (χ1v) is 5.81. The first-order chi connectivity index (χ1) is 9.08. The van der Waals surface area contributed by atoms with Crippen molar-refractivity contribution < 1.29 is 13.5 Å². The number of ether oxygens (including phenoxy) is 1. The van der Waals surface area contributed by atoms with Crippen molar-refractivity contribution in [2.45, 2.75) is 13.8 Å². The Bertz CT molecular complexity index is 590. The summed E-state index contributed by atoms with van der Waals surface area (Å²) in [7, 11) is 0. The van der Waals surface area contributed by atoms with Gasteiger partial charge in [-0.2, -0.15) is 4.98 Å². The van der Waals surface area contributed by atoms with E-state index in [2.05, 4.69) is 15.3 Å². The van der Waals surface area contributed by atoms with Crippen LogP contribution in [0, 0.1) is 18.6 Å². The summed E-state index contributed by atoms with van der Waals surface area (Å²) in [5.74, 6) is -0.225. The summed E-state index contributed by atoms with van der Waals surface area (Å²) in [6.45, 7) is 4.30. The Labute approximate surface area is 109 Å². The fourth-order valence-corrected chi connectivity index (χ4v) is 1.53. The molecule has 100 valence electrons. The predicted molar refractivity (Wildman–Crippen MR) is 67.4 cm³/mol. The van der Waals surface area contributed by atoms with Gasteiger partial charge in [0.1, 0.15) is 17.5 Å². The Morgan fingerprint density at radius 3 is 2.74 bits per heavy atom. The summed E-state index contributed by atoms with van der Waals surface area (Å²) in [5.41, 5.74) is 0. The quantitative estimate of drug-likeness (QED) is 0.921. The highest BCUT2D eigenvalue weighted by Gasteiger charge is 2.09. The van der Waals surface area contributed by atoms with E-state index in [-0.39, 0.29) is 11.6 Å². The Hall–Kier alpha value is -2.24. The molecule has 1 heterocycles. The van der Waals surface area contributed by atoms with E-state index in [9.17, 15) is 8.78 Å². The lowest BCUT2D eigenvalue weighted by molar-refractivity contribution is 0.420. The number of nitrogens with one attached hydrogen (secondary N) is 1. The van der Waals surface area contributed by atoms with Crippen molar-refractivity contribution in [2.75, 3.05) is 11.9 Å². The molecule has 6 heteroatoms. The molecule has 0 radical (unpaired) electrons. The highest BCUT2D eigenvalue weighted by Crippen LogP contribution is 2.25. The van der Waals surface area contributed by atoms with E-state index in [0.717, 1.165) is 18.2 Å². The molecule has 2 rings (SSSR count). The number of aryl methyl sites for hydroxylation is 1. The lowest BCUT2D eigenvalue weighted by Crippen LogP contribution is -2.03. The van der Waals surface area contributed by atoms with Crippen LogP contribution in [-0.2, 0) is 0 Å². The lowest BCUT2D eigenvalue weighted by Gasteiger charge is -2.09. The van der Waals surface area contributed by atoms with Crippen LogP contribution in [0.5, 0.6) is 11.6 Å². The monoisotopic (exact) mass is 265 g/mol. The lowest BCUT2D eigenvalue weighted by atomic mass is 10.3. The van der Waals surface area contributed by atoms with Crippen LogP contribution in [0.4, 0.5) is 14.6 Å². The minimum absolute atomic E-state index is 0.160. The summed E-state index contributed by atoms with van der Waals surface area (Å²) in [4.78, 5) is 8.15. The molecule has 0 aliphatic heterocycles. The van der Waals surface area contributed by atoms with Crippen LogP contribution < -0.4 is 10.1 Å². The summed E-state index contributed by atoms with van der Waals surface area (Å²) in [5, 5.41) is 3.00. The van der Waals surface area contributed by atoms with Gasteiger partial charge in [0.15, 0.2) is 11.6 Å². The van der Waals surface area contributed by atoms with Crippen molar-refractivity contribution >= 4 is 5.82 Å². The van der Waals surface area contributed by atoms with Crippen LogP contribution in [-0.4, -0.2) is 16.5 Å². The maximum absolute atomic E-state index is 13.5. The SMILES string of the molecule is CCNc1cc(Oc2cc(F)ccc2F)nc(C)n1. The number of nitrogens with zero attached hydrogens (tertiary/aromatic N) is 2. The van der Waals surface area contributed by atoms with E-state index in [1.165, 1.54) is 6.07 Å².